The number of hydrogen-bond donors (Lipinski definition) is 2. The van der Waals surface area contributed by atoms with Gasteiger partial charge in [-0.25, -0.2) is 0 Å². The van der Waals surface area contributed by atoms with Gasteiger partial charge in [0.15, 0.2) is 0 Å². The van der Waals surface area contributed by atoms with Crippen molar-refractivity contribution in [3.05, 3.63) is 23.2 Å². The fraction of sp³-hybridized carbons (Fsp3) is 0.333. The van der Waals surface area contributed by atoms with E-state index < -0.39 is 17.8 Å². The first-order valence-corrected chi connectivity index (χ1v) is 5.71. The summed E-state index contributed by atoms with van der Waals surface area (Å²) in [5, 5.41) is 11.7. The van der Waals surface area contributed by atoms with Gasteiger partial charge in [0.05, 0.1) is 10.7 Å². The lowest BCUT2D eigenvalue weighted by Gasteiger charge is -2.15. The number of anilines is 2. The molecule has 98 valence electrons. The van der Waals surface area contributed by atoms with Crippen molar-refractivity contribution in [3.8, 4) is 0 Å². The topological polar surface area (TPSA) is 69.6 Å². The van der Waals surface area contributed by atoms with Crippen LogP contribution in [0.5, 0.6) is 0 Å². The van der Waals surface area contributed by atoms with Crippen LogP contribution < -0.4 is 10.2 Å². The molecule has 0 aliphatic rings. The zero-order chi connectivity index (χ0) is 13.9. The Balaban J connectivity index is 2.84. The largest absolute Gasteiger partial charge is 0.481 e. The molecule has 6 heteroatoms. The highest BCUT2D eigenvalue weighted by molar-refractivity contribution is 6.33. The van der Waals surface area contributed by atoms with E-state index >= 15 is 0 Å². The molecule has 1 atom stereocenters. The molecule has 5 nitrogen and oxygen atoms in total. The molecule has 18 heavy (non-hydrogen) atoms. The molecule has 1 aromatic rings. The Morgan fingerprint density at radius 1 is 1.39 bits per heavy atom. The van der Waals surface area contributed by atoms with E-state index in [9.17, 15) is 9.59 Å². The maximum atomic E-state index is 11.5. The van der Waals surface area contributed by atoms with Crippen molar-refractivity contribution in [3.63, 3.8) is 0 Å². The monoisotopic (exact) mass is 270 g/mol. The van der Waals surface area contributed by atoms with Crippen molar-refractivity contribution >= 4 is 34.9 Å². The van der Waals surface area contributed by atoms with Crippen LogP contribution in [0.15, 0.2) is 18.2 Å². The molecule has 1 amide bonds. The first-order valence-electron chi connectivity index (χ1n) is 5.33. The van der Waals surface area contributed by atoms with Crippen LogP contribution in [0.2, 0.25) is 5.02 Å². The summed E-state index contributed by atoms with van der Waals surface area (Å²) in [5.74, 6) is -2.84. The van der Waals surface area contributed by atoms with Crippen LogP contribution in [-0.4, -0.2) is 31.1 Å². The van der Waals surface area contributed by atoms with Crippen LogP contribution in [0.4, 0.5) is 11.4 Å². The van der Waals surface area contributed by atoms with Crippen molar-refractivity contribution in [2.24, 2.45) is 5.92 Å². The average molecular weight is 271 g/mol. The van der Waals surface area contributed by atoms with E-state index in [0.717, 1.165) is 5.69 Å². The van der Waals surface area contributed by atoms with Gasteiger partial charge in [0.2, 0.25) is 5.91 Å². The van der Waals surface area contributed by atoms with Gasteiger partial charge in [-0.15, -0.1) is 0 Å². The maximum absolute atomic E-state index is 11.5. The zero-order valence-corrected chi connectivity index (χ0v) is 11.2. The molecular weight excluding hydrogens is 256 g/mol. The molecule has 1 unspecified atom stereocenters. The number of carboxylic acids is 1. The molecule has 1 aromatic carbocycles. The number of carboxylic acid groups (broad SMARTS) is 1. The number of amides is 1. The second-order valence-electron chi connectivity index (χ2n) is 4.11. The van der Waals surface area contributed by atoms with E-state index in [1.165, 1.54) is 6.92 Å². The standard InChI is InChI=1S/C12H15ClN2O3/c1-7(12(17)18)11(16)14-8-4-5-10(15(2)3)9(13)6-8/h4-7H,1-3H3,(H,14,16)(H,17,18). The van der Waals surface area contributed by atoms with Crippen LogP contribution in [0.1, 0.15) is 6.92 Å². The lowest BCUT2D eigenvalue weighted by Crippen LogP contribution is -2.26. The van der Waals surface area contributed by atoms with E-state index in [1.807, 2.05) is 19.0 Å². The van der Waals surface area contributed by atoms with Gasteiger partial charge in [-0.2, -0.15) is 0 Å². The molecule has 0 radical (unpaired) electrons. The SMILES string of the molecule is CC(C(=O)O)C(=O)Nc1ccc(N(C)C)c(Cl)c1. The maximum Gasteiger partial charge on any atom is 0.315 e. The first kappa shape index (κ1) is 14.3. The highest BCUT2D eigenvalue weighted by Crippen LogP contribution is 2.27. The predicted octanol–water partition coefficient (Wildman–Crippen LogP) is 2.07. The third kappa shape index (κ3) is 3.37. The Hall–Kier alpha value is -1.75. The van der Waals surface area contributed by atoms with Crippen molar-refractivity contribution in [1.82, 2.24) is 0 Å². The van der Waals surface area contributed by atoms with E-state index in [-0.39, 0.29) is 0 Å². The molecule has 1 rings (SSSR count). The number of carbonyl (C=O) groups excluding carboxylic acids is 1. The molecule has 0 aromatic heterocycles. The third-order valence-electron chi connectivity index (χ3n) is 2.46. The van der Waals surface area contributed by atoms with Crippen molar-refractivity contribution in [2.75, 3.05) is 24.3 Å². The van der Waals surface area contributed by atoms with Gasteiger partial charge in [0, 0.05) is 19.8 Å². The summed E-state index contributed by atoms with van der Waals surface area (Å²) >= 11 is 6.04. The first-order chi connectivity index (χ1) is 8.32. The second kappa shape index (κ2) is 5.73. The fourth-order valence-corrected chi connectivity index (χ4v) is 1.66. The lowest BCUT2D eigenvalue weighted by molar-refractivity contribution is -0.144. The van der Waals surface area contributed by atoms with Gasteiger partial charge in [-0.05, 0) is 25.1 Å². The summed E-state index contributed by atoms with van der Waals surface area (Å²) in [5.41, 5.74) is 1.30. The lowest BCUT2D eigenvalue weighted by atomic mass is 10.1. The molecule has 0 saturated heterocycles. The number of rotatable bonds is 4. The number of carbonyl (C=O) groups is 2. The van der Waals surface area contributed by atoms with Gasteiger partial charge in [-0.3, -0.25) is 9.59 Å². The molecule has 0 aliphatic carbocycles. The van der Waals surface area contributed by atoms with E-state index in [4.69, 9.17) is 16.7 Å². The normalized spacial score (nSPS) is 11.8. The molecule has 0 saturated carbocycles. The van der Waals surface area contributed by atoms with Gasteiger partial charge in [0.25, 0.3) is 0 Å². The number of nitrogens with one attached hydrogen (secondary N) is 1. The van der Waals surface area contributed by atoms with E-state index in [2.05, 4.69) is 5.32 Å². The minimum Gasteiger partial charge on any atom is -0.481 e. The summed E-state index contributed by atoms with van der Waals surface area (Å²) in [6, 6.07) is 5.01. The van der Waals surface area contributed by atoms with Crippen LogP contribution in [0.25, 0.3) is 0 Å². The second-order valence-corrected chi connectivity index (χ2v) is 4.52. The summed E-state index contributed by atoms with van der Waals surface area (Å²) in [6.45, 7) is 1.33. The Morgan fingerprint density at radius 3 is 2.44 bits per heavy atom. The molecule has 0 bridgehead atoms. The van der Waals surface area contributed by atoms with Crippen LogP contribution in [0.3, 0.4) is 0 Å². The molecule has 0 fully saturated rings. The van der Waals surface area contributed by atoms with Crippen molar-refractivity contribution < 1.29 is 14.7 Å². The third-order valence-corrected chi connectivity index (χ3v) is 2.76. The number of aliphatic carboxylic acids is 1. The number of hydrogen-bond acceptors (Lipinski definition) is 3. The smallest absolute Gasteiger partial charge is 0.315 e. The van der Waals surface area contributed by atoms with Gasteiger partial charge < -0.3 is 15.3 Å². The summed E-state index contributed by atoms with van der Waals surface area (Å²) in [4.78, 5) is 24.0. The summed E-state index contributed by atoms with van der Waals surface area (Å²) in [6.07, 6.45) is 0. The van der Waals surface area contributed by atoms with Crippen molar-refractivity contribution in [2.45, 2.75) is 6.92 Å². The van der Waals surface area contributed by atoms with Crippen LogP contribution in [0, 0.1) is 5.92 Å². The quantitative estimate of drug-likeness (QED) is 0.822. The minimum absolute atomic E-state index is 0.476. The molecule has 0 heterocycles. The Morgan fingerprint density at radius 2 is 2.00 bits per heavy atom. The average Bonchev–Trinajstić information content (AvgIpc) is 2.27. The van der Waals surface area contributed by atoms with Gasteiger partial charge >= 0.3 is 5.97 Å². The molecule has 2 N–H and O–H groups in total. The number of nitrogens with zero attached hydrogens (tertiary/aromatic N) is 1. The van der Waals surface area contributed by atoms with Gasteiger partial charge in [0.1, 0.15) is 5.92 Å². The van der Waals surface area contributed by atoms with Crippen LogP contribution >= 0.6 is 11.6 Å². The Bertz CT molecular complexity index is 474. The highest BCUT2D eigenvalue weighted by atomic mass is 35.5. The van der Waals surface area contributed by atoms with Crippen molar-refractivity contribution in [1.29, 1.82) is 0 Å². The highest BCUT2D eigenvalue weighted by Gasteiger charge is 2.20. The van der Waals surface area contributed by atoms with E-state index in [0.29, 0.717) is 10.7 Å². The molecule has 0 spiro atoms. The summed E-state index contributed by atoms with van der Waals surface area (Å²) in [7, 11) is 3.71. The molecular formula is C12H15ClN2O3. The van der Waals surface area contributed by atoms with E-state index in [1.54, 1.807) is 18.2 Å². The number of benzene rings is 1. The number of halogens is 1. The summed E-state index contributed by atoms with van der Waals surface area (Å²) < 4.78 is 0. The predicted molar refractivity (Wildman–Crippen MR) is 71.2 cm³/mol. The van der Waals surface area contributed by atoms with Gasteiger partial charge in [-0.1, -0.05) is 11.6 Å². The zero-order valence-electron chi connectivity index (χ0n) is 10.4. The Kier molecular flexibility index (Phi) is 4.55. The Labute approximate surface area is 110 Å². The van der Waals surface area contributed by atoms with Crippen LogP contribution in [-0.2, 0) is 9.59 Å². The minimum atomic E-state index is -1.16. The fourth-order valence-electron chi connectivity index (χ4n) is 1.31. The molecule has 0 aliphatic heterocycles.